The fourth-order valence-corrected chi connectivity index (χ4v) is 1.34. The smallest absolute Gasteiger partial charge is 0.340 e. The van der Waals surface area contributed by atoms with Crippen molar-refractivity contribution in [2.24, 2.45) is 5.10 Å². The molecule has 0 aromatic heterocycles. The molecule has 0 aliphatic carbocycles. The van der Waals surface area contributed by atoms with Gasteiger partial charge < -0.3 is 5.11 Å². The third-order valence-electron chi connectivity index (χ3n) is 1.96. The fraction of sp³-hybridized carbons (Fsp3) is 0.111. The predicted octanol–water partition coefficient (Wildman–Crippen LogP) is 0.834. The third-order valence-corrected chi connectivity index (χ3v) is 1.96. The summed E-state index contributed by atoms with van der Waals surface area (Å²) in [6.45, 7) is 0.496. The maximum atomic E-state index is 13.3. The van der Waals surface area contributed by atoms with Crippen LogP contribution in [-0.4, -0.2) is 23.8 Å². The van der Waals surface area contributed by atoms with Gasteiger partial charge in [-0.25, -0.2) is 14.6 Å². The molecule has 1 aromatic rings. The van der Waals surface area contributed by atoms with Gasteiger partial charge in [-0.2, -0.15) is 10.2 Å². The SMILES string of the molecule is O=C(O)c1c(F)cccc1N1N=CCN1. The quantitative estimate of drug-likeness (QED) is 0.757. The van der Waals surface area contributed by atoms with E-state index in [4.69, 9.17) is 5.11 Å². The Morgan fingerprint density at radius 2 is 2.40 bits per heavy atom. The Labute approximate surface area is 84.8 Å². The zero-order valence-electron chi connectivity index (χ0n) is 7.64. The molecular formula is C9H8FN3O2. The molecule has 0 bridgehead atoms. The van der Waals surface area contributed by atoms with E-state index in [1.807, 2.05) is 0 Å². The molecule has 1 heterocycles. The minimum absolute atomic E-state index is 0.191. The number of benzene rings is 1. The number of carboxylic acid groups (broad SMARTS) is 1. The number of carbonyl (C=O) groups is 1. The average Bonchev–Trinajstić information content (AvgIpc) is 2.69. The van der Waals surface area contributed by atoms with E-state index in [9.17, 15) is 9.18 Å². The van der Waals surface area contributed by atoms with Crippen LogP contribution in [-0.2, 0) is 0 Å². The molecule has 0 fully saturated rings. The van der Waals surface area contributed by atoms with E-state index in [-0.39, 0.29) is 11.3 Å². The lowest BCUT2D eigenvalue weighted by atomic mass is 10.1. The van der Waals surface area contributed by atoms with Crippen LogP contribution in [0.1, 0.15) is 10.4 Å². The van der Waals surface area contributed by atoms with Crippen LogP contribution in [0.3, 0.4) is 0 Å². The molecule has 15 heavy (non-hydrogen) atoms. The van der Waals surface area contributed by atoms with Gasteiger partial charge in [-0.05, 0) is 12.1 Å². The molecule has 2 rings (SSSR count). The molecular weight excluding hydrogens is 201 g/mol. The summed E-state index contributed by atoms with van der Waals surface area (Å²) in [6, 6.07) is 4.03. The van der Waals surface area contributed by atoms with E-state index in [1.165, 1.54) is 17.3 Å². The highest BCUT2D eigenvalue weighted by Gasteiger charge is 2.20. The monoisotopic (exact) mass is 209 g/mol. The molecule has 0 radical (unpaired) electrons. The zero-order valence-corrected chi connectivity index (χ0v) is 7.64. The second-order valence-electron chi connectivity index (χ2n) is 2.91. The van der Waals surface area contributed by atoms with Crippen molar-refractivity contribution >= 4 is 17.9 Å². The number of hydrazone groups is 1. The number of nitrogens with zero attached hydrogens (tertiary/aromatic N) is 2. The van der Waals surface area contributed by atoms with Crippen molar-refractivity contribution in [1.29, 1.82) is 0 Å². The van der Waals surface area contributed by atoms with Crippen molar-refractivity contribution in [3.63, 3.8) is 0 Å². The van der Waals surface area contributed by atoms with Crippen molar-refractivity contribution in [3.05, 3.63) is 29.6 Å². The van der Waals surface area contributed by atoms with Gasteiger partial charge in [0.2, 0.25) is 0 Å². The number of nitrogens with one attached hydrogen (secondary N) is 1. The first-order valence-electron chi connectivity index (χ1n) is 4.28. The van der Waals surface area contributed by atoms with Crippen LogP contribution < -0.4 is 10.5 Å². The van der Waals surface area contributed by atoms with E-state index in [1.54, 1.807) is 6.21 Å². The molecule has 1 aliphatic heterocycles. The standard InChI is InChI=1S/C9H8FN3O2/c10-6-2-1-3-7(8(6)9(14)15)13-11-4-5-12-13/h1-4,12H,5H2,(H,14,15). The molecule has 0 amide bonds. The maximum Gasteiger partial charge on any atom is 0.340 e. The predicted molar refractivity (Wildman–Crippen MR) is 52.3 cm³/mol. The van der Waals surface area contributed by atoms with Gasteiger partial charge in [-0.1, -0.05) is 6.07 Å². The fourth-order valence-electron chi connectivity index (χ4n) is 1.34. The van der Waals surface area contributed by atoms with Gasteiger partial charge in [0.1, 0.15) is 11.4 Å². The van der Waals surface area contributed by atoms with Gasteiger partial charge in [0.05, 0.1) is 12.2 Å². The minimum Gasteiger partial charge on any atom is -0.478 e. The second-order valence-corrected chi connectivity index (χ2v) is 2.91. The Morgan fingerprint density at radius 1 is 1.60 bits per heavy atom. The number of aromatic carboxylic acids is 1. The number of carboxylic acids is 1. The Morgan fingerprint density at radius 3 is 3.00 bits per heavy atom. The lowest BCUT2D eigenvalue weighted by Crippen LogP contribution is -2.30. The highest BCUT2D eigenvalue weighted by Crippen LogP contribution is 2.22. The number of rotatable bonds is 2. The van der Waals surface area contributed by atoms with Gasteiger partial charge in [-0.3, -0.25) is 0 Å². The summed E-state index contributed by atoms with van der Waals surface area (Å²) in [6.07, 6.45) is 1.57. The number of hydrogen-bond donors (Lipinski definition) is 2. The van der Waals surface area contributed by atoms with Crippen molar-refractivity contribution in [3.8, 4) is 0 Å². The molecule has 78 valence electrons. The normalized spacial score (nSPS) is 14.6. The highest BCUT2D eigenvalue weighted by molar-refractivity contribution is 5.95. The largest absolute Gasteiger partial charge is 0.478 e. The molecule has 1 aromatic carbocycles. The summed E-state index contributed by atoms with van der Waals surface area (Å²) in [5.74, 6) is -2.09. The molecule has 5 nitrogen and oxygen atoms in total. The molecule has 0 spiro atoms. The minimum atomic E-state index is -1.31. The Balaban J connectivity index is 2.50. The summed E-state index contributed by atoms with van der Waals surface area (Å²) in [4.78, 5) is 10.9. The average molecular weight is 209 g/mol. The van der Waals surface area contributed by atoms with Gasteiger partial charge in [0, 0.05) is 6.21 Å². The third kappa shape index (κ3) is 1.66. The zero-order chi connectivity index (χ0) is 10.8. The molecule has 2 N–H and O–H groups in total. The van der Waals surface area contributed by atoms with E-state index in [0.29, 0.717) is 6.54 Å². The number of anilines is 1. The lowest BCUT2D eigenvalue weighted by Gasteiger charge is -2.16. The number of hydrogen-bond acceptors (Lipinski definition) is 4. The van der Waals surface area contributed by atoms with Crippen LogP contribution in [0.2, 0.25) is 0 Å². The van der Waals surface area contributed by atoms with Crippen LogP contribution in [0.25, 0.3) is 0 Å². The van der Waals surface area contributed by atoms with E-state index in [0.717, 1.165) is 6.07 Å². The Kier molecular flexibility index (Phi) is 2.34. The molecule has 0 saturated heterocycles. The first-order chi connectivity index (χ1) is 7.20. The van der Waals surface area contributed by atoms with Crippen molar-refractivity contribution in [2.75, 3.05) is 11.7 Å². The van der Waals surface area contributed by atoms with Crippen LogP contribution in [0.4, 0.5) is 10.1 Å². The summed E-state index contributed by atoms with van der Waals surface area (Å²) in [5.41, 5.74) is 2.58. The van der Waals surface area contributed by atoms with Crippen molar-refractivity contribution in [2.45, 2.75) is 0 Å². The van der Waals surface area contributed by atoms with E-state index < -0.39 is 11.8 Å². The first-order valence-corrected chi connectivity index (χ1v) is 4.28. The van der Waals surface area contributed by atoms with Gasteiger partial charge in [0.25, 0.3) is 0 Å². The summed E-state index contributed by atoms with van der Waals surface area (Å²) >= 11 is 0. The second kappa shape index (κ2) is 3.66. The van der Waals surface area contributed by atoms with Crippen molar-refractivity contribution in [1.82, 2.24) is 5.43 Å². The molecule has 1 aliphatic rings. The topological polar surface area (TPSA) is 64.9 Å². The van der Waals surface area contributed by atoms with Crippen LogP contribution in [0.15, 0.2) is 23.3 Å². The van der Waals surface area contributed by atoms with Crippen LogP contribution in [0.5, 0.6) is 0 Å². The summed E-state index contributed by atoms with van der Waals surface area (Å²) in [5, 5.41) is 14.0. The van der Waals surface area contributed by atoms with Crippen LogP contribution >= 0.6 is 0 Å². The highest BCUT2D eigenvalue weighted by atomic mass is 19.1. The van der Waals surface area contributed by atoms with Gasteiger partial charge >= 0.3 is 5.97 Å². The summed E-state index contributed by atoms with van der Waals surface area (Å²) in [7, 11) is 0. The maximum absolute atomic E-state index is 13.3. The molecule has 6 heteroatoms. The summed E-state index contributed by atoms with van der Waals surface area (Å²) < 4.78 is 13.3. The molecule has 0 unspecified atom stereocenters. The number of halogens is 1. The van der Waals surface area contributed by atoms with Gasteiger partial charge in [0.15, 0.2) is 0 Å². The van der Waals surface area contributed by atoms with Crippen molar-refractivity contribution < 1.29 is 14.3 Å². The van der Waals surface area contributed by atoms with E-state index >= 15 is 0 Å². The molecule has 0 atom stereocenters. The Hall–Kier alpha value is -1.95. The number of hydrazine groups is 1. The van der Waals surface area contributed by atoms with Gasteiger partial charge in [-0.15, -0.1) is 0 Å². The Bertz CT molecular complexity index is 433. The first kappa shape index (κ1) is 9.60. The van der Waals surface area contributed by atoms with E-state index in [2.05, 4.69) is 10.5 Å². The van der Waals surface area contributed by atoms with Crippen LogP contribution in [0, 0.1) is 5.82 Å². The lowest BCUT2D eigenvalue weighted by molar-refractivity contribution is 0.0692. The molecule has 0 saturated carbocycles.